The molecule has 4 heteroatoms. The number of methoxy groups -OCH3 is 1. The first-order valence-corrected chi connectivity index (χ1v) is 10.0. The van der Waals surface area contributed by atoms with Crippen LogP contribution in [0.25, 0.3) is 0 Å². The van der Waals surface area contributed by atoms with Crippen molar-refractivity contribution in [1.29, 1.82) is 0 Å². The number of rotatable bonds is 6. The van der Waals surface area contributed by atoms with E-state index in [0.717, 1.165) is 32.1 Å². The summed E-state index contributed by atoms with van der Waals surface area (Å²) in [5, 5.41) is 3.82. The molecule has 0 aliphatic carbocycles. The summed E-state index contributed by atoms with van der Waals surface area (Å²) >= 11 is 0. The van der Waals surface area contributed by atoms with Crippen LogP contribution in [0.15, 0.2) is 24.3 Å². The number of piperidine rings is 1. The van der Waals surface area contributed by atoms with Crippen LogP contribution >= 0.6 is 0 Å². The minimum Gasteiger partial charge on any atom is -0.496 e. The van der Waals surface area contributed by atoms with E-state index in [2.05, 4.69) is 56.1 Å². The van der Waals surface area contributed by atoms with Gasteiger partial charge in [-0.2, -0.15) is 0 Å². The molecule has 4 nitrogen and oxygen atoms in total. The highest BCUT2D eigenvalue weighted by Gasteiger charge is 2.40. The number of ether oxygens (including phenoxy) is 2. The standard InChI is InChI=1S/C22H36N2O2/c1-21(2)12-19(13-22(3,4)23-21)24(14-17-10-11-26-16-17)15-18-8-6-7-9-20(18)25-5/h6-9,17,19,23H,10-16H2,1-5H3/t17-/m1/s1. The molecule has 2 saturated heterocycles. The second kappa shape index (κ2) is 7.87. The van der Waals surface area contributed by atoms with Crippen molar-refractivity contribution in [2.45, 2.75) is 70.6 Å². The molecule has 0 saturated carbocycles. The lowest BCUT2D eigenvalue weighted by atomic mass is 9.78. The monoisotopic (exact) mass is 360 g/mol. The maximum Gasteiger partial charge on any atom is 0.123 e. The molecule has 1 aromatic rings. The average molecular weight is 361 g/mol. The number of benzene rings is 1. The molecular weight excluding hydrogens is 324 g/mol. The highest BCUT2D eigenvalue weighted by atomic mass is 16.5. The smallest absolute Gasteiger partial charge is 0.123 e. The lowest BCUT2D eigenvalue weighted by Gasteiger charge is -2.50. The predicted octanol–water partition coefficient (Wildman–Crippen LogP) is 3.84. The highest BCUT2D eigenvalue weighted by molar-refractivity contribution is 5.33. The Morgan fingerprint density at radius 2 is 1.85 bits per heavy atom. The molecule has 0 unspecified atom stereocenters. The molecule has 2 aliphatic rings. The van der Waals surface area contributed by atoms with E-state index in [-0.39, 0.29) is 11.1 Å². The van der Waals surface area contributed by atoms with E-state index in [1.807, 2.05) is 6.07 Å². The fraction of sp³-hybridized carbons (Fsp3) is 0.727. The summed E-state index contributed by atoms with van der Waals surface area (Å²) in [5.41, 5.74) is 1.58. The fourth-order valence-electron chi connectivity index (χ4n) is 4.98. The van der Waals surface area contributed by atoms with E-state index in [1.54, 1.807) is 7.11 Å². The lowest BCUT2D eigenvalue weighted by Crippen LogP contribution is -2.62. The van der Waals surface area contributed by atoms with Crippen LogP contribution in [0.1, 0.15) is 52.5 Å². The largest absolute Gasteiger partial charge is 0.496 e. The van der Waals surface area contributed by atoms with Crippen molar-refractivity contribution >= 4 is 0 Å². The van der Waals surface area contributed by atoms with E-state index in [0.29, 0.717) is 12.0 Å². The number of hydrogen-bond donors (Lipinski definition) is 1. The summed E-state index contributed by atoms with van der Waals surface area (Å²) in [7, 11) is 1.77. The van der Waals surface area contributed by atoms with Gasteiger partial charge >= 0.3 is 0 Å². The van der Waals surface area contributed by atoms with Gasteiger partial charge in [-0.3, -0.25) is 4.90 Å². The van der Waals surface area contributed by atoms with Crippen LogP contribution in [-0.2, 0) is 11.3 Å². The molecule has 26 heavy (non-hydrogen) atoms. The van der Waals surface area contributed by atoms with Gasteiger partial charge in [-0.25, -0.2) is 0 Å². The normalized spacial score (nSPS) is 25.5. The van der Waals surface area contributed by atoms with E-state index in [1.165, 1.54) is 24.8 Å². The first-order chi connectivity index (χ1) is 12.3. The Kier molecular flexibility index (Phi) is 5.95. The van der Waals surface area contributed by atoms with Crippen molar-refractivity contribution in [3.63, 3.8) is 0 Å². The fourth-order valence-corrected chi connectivity index (χ4v) is 4.98. The molecule has 3 rings (SSSR count). The number of para-hydroxylation sites is 1. The van der Waals surface area contributed by atoms with Crippen molar-refractivity contribution in [3.05, 3.63) is 29.8 Å². The summed E-state index contributed by atoms with van der Waals surface area (Å²) in [6, 6.07) is 9.00. The van der Waals surface area contributed by atoms with E-state index in [9.17, 15) is 0 Å². The first kappa shape index (κ1) is 19.7. The quantitative estimate of drug-likeness (QED) is 0.836. The van der Waals surface area contributed by atoms with Gasteiger partial charge in [0.05, 0.1) is 13.7 Å². The summed E-state index contributed by atoms with van der Waals surface area (Å²) in [6.07, 6.45) is 3.51. The van der Waals surface area contributed by atoms with Crippen molar-refractivity contribution in [1.82, 2.24) is 10.2 Å². The topological polar surface area (TPSA) is 33.7 Å². The van der Waals surface area contributed by atoms with Crippen LogP contribution in [0.4, 0.5) is 0 Å². The Hall–Kier alpha value is -1.10. The zero-order valence-electron chi connectivity index (χ0n) is 17.2. The molecule has 0 spiro atoms. The van der Waals surface area contributed by atoms with E-state index >= 15 is 0 Å². The molecule has 0 radical (unpaired) electrons. The van der Waals surface area contributed by atoms with Gasteiger partial charge in [-0.1, -0.05) is 18.2 Å². The third-order valence-corrected chi connectivity index (χ3v) is 5.77. The van der Waals surface area contributed by atoms with Crippen molar-refractivity contribution < 1.29 is 9.47 Å². The lowest BCUT2D eigenvalue weighted by molar-refractivity contribution is 0.0489. The van der Waals surface area contributed by atoms with Crippen molar-refractivity contribution in [2.75, 3.05) is 26.9 Å². The molecule has 1 aromatic carbocycles. The second-order valence-corrected chi connectivity index (χ2v) is 9.43. The van der Waals surface area contributed by atoms with Crippen LogP contribution in [0.2, 0.25) is 0 Å². The Morgan fingerprint density at radius 3 is 2.46 bits per heavy atom. The number of nitrogens with zero attached hydrogens (tertiary/aromatic N) is 1. The molecule has 2 fully saturated rings. The van der Waals surface area contributed by atoms with E-state index < -0.39 is 0 Å². The van der Waals surface area contributed by atoms with Gasteiger partial charge in [-0.05, 0) is 58.9 Å². The summed E-state index contributed by atoms with van der Waals surface area (Å²) in [4.78, 5) is 2.70. The number of nitrogens with one attached hydrogen (secondary N) is 1. The zero-order valence-corrected chi connectivity index (χ0v) is 17.2. The summed E-state index contributed by atoms with van der Waals surface area (Å²) in [6.45, 7) is 13.2. The van der Waals surface area contributed by atoms with Crippen LogP contribution in [0.5, 0.6) is 5.75 Å². The van der Waals surface area contributed by atoms with Gasteiger partial charge in [0.1, 0.15) is 5.75 Å². The molecule has 2 aliphatic heterocycles. The van der Waals surface area contributed by atoms with Gasteiger partial charge in [0.25, 0.3) is 0 Å². The Morgan fingerprint density at radius 1 is 1.15 bits per heavy atom. The third kappa shape index (κ3) is 4.99. The molecule has 2 heterocycles. The van der Waals surface area contributed by atoms with Crippen LogP contribution in [0.3, 0.4) is 0 Å². The molecule has 0 bridgehead atoms. The SMILES string of the molecule is COc1ccccc1CN(C[C@H]1CCOC1)C1CC(C)(C)NC(C)(C)C1. The predicted molar refractivity (Wildman–Crippen MR) is 107 cm³/mol. The Bertz CT molecular complexity index is 578. The van der Waals surface area contributed by atoms with Crippen molar-refractivity contribution in [3.8, 4) is 5.75 Å². The molecular formula is C22H36N2O2. The summed E-state index contributed by atoms with van der Waals surface area (Å²) < 4.78 is 11.3. The van der Waals surface area contributed by atoms with Crippen LogP contribution in [-0.4, -0.2) is 48.9 Å². The van der Waals surface area contributed by atoms with Crippen molar-refractivity contribution in [2.24, 2.45) is 5.92 Å². The van der Waals surface area contributed by atoms with Gasteiger partial charge in [0.2, 0.25) is 0 Å². The van der Waals surface area contributed by atoms with Crippen LogP contribution < -0.4 is 10.1 Å². The maximum atomic E-state index is 5.66. The molecule has 1 N–H and O–H groups in total. The average Bonchev–Trinajstić information content (AvgIpc) is 3.05. The second-order valence-electron chi connectivity index (χ2n) is 9.43. The molecule has 0 aromatic heterocycles. The molecule has 146 valence electrons. The Labute approximate surface area is 159 Å². The molecule has 1 atom stereocenters. The minimum absolute atomic E-state index is 0.150. The highest BCUT2D eigenvalue weighted by Crippen LogP contribution is 2.34. The zero-order chi connectivity index (χ0) is 18.8. The van der Waals surface area contributed by atoms with Gasteiger partial charge in [-0.15, -0.1) is 0 Å². The van der Waals surface area contributed by atoms with Gasteiger partial charge in [0, 0.05) is 42.4 Å². The minimum atomic E-state index is 0.150. The van der Waals surface area contributed by atoms with Crippen LogP contribution in [0, 0.1) is 5.92 Å². The van der Waals surface area contributed by atoms with Gasteiger partial charge in [0.15, 0.2) is 0 Å². The first-order valence-electron chi connectivity index (χ1n) is 10.0. The molecule has 0 amide bonds. The van der Waals surface area contributed by atoms with E-state index in [4.69, 9.17) is 9.47 Å². The Balaban J connectivity index is 1.82. The maximum absolute atomic E-state index is 5.66. The van der Waals surface area contributed by atoms with Gasteiger partial charge < -0.3 is 14.8 Å². The summed E-state index contributed by atoms with van der Waals surface area (Å²) in [5.74, 6) is 1.64. The third-order valence-electron chi connectivity index (χ3n) is 5.77. The number of hydrogen-bond acceptors (Lipinski definition) is 4.